The summed E-state index contributed by atoms with van der Waals surface area (Å²) in [6.07, 6.45) is 0.911. The first-order valence-electron chi connectivity index (χ1n) is 9.61. The Labute approximate surface area is 164 Å². The number of aryl methyl sites for hydroxylation is 4. The smallest absolute Gasteiger partial charge is 0.295 e. The van der Waals surface area contributed by atoms with E-state index in [9.17, 15) is 9.59 Å². The summed E-state index contributed by atoms with van der Waals surface area (Å²) < 4.78 is 3.22. The summed E-state index contributed by atoms with van der Waals surface area (Å²) in [6, 6.07) is 8.13. The van der Waals surface area contributed by atoms with Gasteiger partial charge in [0.1, 0.15) is 0 Å². The van der Waals surface area contributed by atoms with E-state index in [1.165, 1.54) is 10.2 Å². The Bertz CT molecular complexity index is 1060. The first-order valence-corrected chi connectivity index (χ1v) is 9.61. The second-order valence-corrected chi connectivity index (χ2v) is 7.50. The molecule has 1 N–H and O–H groups in total. The standard InChI is InChI=1S/C21H27N5O2/c1-13(2)22-18(27)7-6-12-25-21(28)20-19(15(4)23-25)16(5)26(24-20)17-10-8-14(3)9-11-17/h8-11,13H,6-7,12H2,1-5H3,(H,22,27). The highest BCUT2D eigenvalue weighted by molar-refractivity contribution is 5.83. The summed E-state index contributed by atoms with van der Waals surface area (Å²) in [4.78, 5) is 24.7. The molecule has 1 aromatic carbocycles. The van der Waals surface area contributed by atoms with Gasteiger partial charge in [-0.15, -0.1) is 0 Å². The predicted molar refractivity (Wildman–Crippen MR) is 110 cm³/mol. The zero-order chi connectivity index (χ0) is 20.4. The molecule has 0 aliphatic rings. The van der Waals surface area contributed by atoms with Gasteiger partial charge in [0, 0.05) is 19.0 Å². The summed E-state index contributed by atoms with van der Waals surface area (Å²) >= 11 is 0. The van der Waals surface area contributed by atoms with Crippen molar-refractivity contribution >= 4 is 16.8 Å². The fourth-order valence-electron chi connectivity index (χ4n) is 3.36. The Hall–Kier alpha value is -2.96. The maximum Gasteiger partial charge on any atom is 0.295 e. The van der Waals surface area contributed by atoms with E-state index in [0.29, 0.717) is 24.9 Å². The molecular formula is C21H27N5O2. The Morgan fingerprint density at radius 2 is 1.79 bits per heavy atom. The van der Waals surface area contributed by atoms with Crippen LogP contribution in [0.5, 0.6) is 0 Å². The SMILES string of the molecule is Cc1ccc(-n2nc3c(=O)n(CCCC(=O)NC(C)C)nc(C)c3c2C)cc1. The highest BCUT2D eigenvalue weighted by Crippen LogP contribution is 2.21. The summed E-state index contributed by atoms with van der Waals surface area (Å²) in [5.41, 5.74) is 3.92. The Morgan fingerprint density at radius 1 is 1.11 bits per heavy atom. The van der Waals surface area contributed by atoms with Crippen molar-refractivity contribution in [3.05, 3.63) is 51.6 Å². The number of rotatable bonds is 6. The summed E-state index contributed by atoms with van der Waals surface area (Å²) in [7, 11) is 0. The molecule has 1 amide bonds. The van der Waals surface area contributed by atoms with E-state index < -0.39 is 0 Å². The first-order chi connectivity index (χ1) is 13.3. The molecule has 0 aliphatic carbocycles. The molecule has 148 valence electrons. The predicted octanol–water partition coefficient (Wildman–Crippen LogP) is 2.81. The first kappa shape index (κ1) is 19.8. The van der Waals surface area contributed by atoms with Gasteiger partial charge in [-0.2, -0.15) is 10.2 Å². The summed E-state index contributed by atoms with van der Waals surface area (Å²) in [6.45, 7) is 10.1. The maximum absolute atomic E-state index is 12.9. The average molecular weight is 381 g/mol. The molecule has 3 aromatic rings. The van der Waals surface area contributed by atoms with E-state index in [1.807, 2.05) is 58.9 Å². The van der Waals surface area contributed by atoms with Crippen molar-refractivity contribution in [2.75, 3.05) is 0 Å². The van der Waals surface area contributed by atoms with Crippen molar-refractivity contribution in [2.24, 2.45) is 0 Å². The van der Waals surface area contributed by atoms with Crippen LogP contribution in [0.3, 0.4) is 0 Å². The molecule has 0 radical (unpaired) electrons. The molecule has 0 fully saturated rings. The monoisotopic (exact) mass is 381 g/mol. The number of carbonyl (C=O) groups excluding carboxylic acids is 1. The molecule has 7 heteroatoms. The molecule has 0 aliphatic heterocycles. The van der Waals surface area contributed by atoms with E-state index in [2.05, 4.69) is 15.5 Å². The van der Waals surface area contributed by atoms with Crippen molar-refractivity contribution in [1.82, 2.24) is 24.9 Å². The summed E-state index contributed by atoms with van der Waals surface area (Å²) in [5, 5.41) is 12.7. The molecule has 0 bridgehead atoms. The van der Waals surface area contributed by atoms with E-state index in [4.69, 9.17) is 0 Å². The van der Waals surface area contributed by atoms with Gasteiger partial charge in [-0.1, -0.05) is 17.7 Å². The lowest BCUT2D eigenvalue weighted by Crippen LogP contribution is -2.30. The topological polar surface area (TPSA) is 81.8 Å². The molecule has 28 heavy (non-hydrogen) atoms. The van der Waals surface area contributed by atoms with Crippen LogP contribution < -0.4 is 10.9 Å². The molecule has 3 rings (SSSR count). The van der Waals surface area contributed by atoms with Crippen LogP contribution >= 0.6 is 0 Å². The number of benzene rings is 1. The fraction of sp³-hybridized carbons (Fsp3) is 0.429. The van der Waals surface area contributed by atoms with Gasteiger partial charge >= 0.3 is 0 Å². The van der Waals surface area contributed by atoms with Gasteiger partial charge in [0.05, 0.1) is 22.5 Å². The zero-order valence-electron chi connectivity index (χ0n) is 17.1. The van der Waals surface area contributed by atoms with Gasteiger partial charge < -0.3 is 5.32 Å². The highest BCUT2D eigenvalue weighted by Gasteiger charge is 2.17. The number of nitrogens with zero attached hydrogens (tertiary/aromatic N) is 4. The van der Waals surface area contributed by atoms with Crippen LogP contribution in [-0.2, 0) is 11.3 Å². The lowest BCUT2D eigenvalue weighted by molar-refractivity contribution is -0.121. The number of carbonyl (C=O) groups is 1. The number of aromatic nitrogens is 4. The lowest BCUT2D eigenvalue weighted by Gasteiger charge is -2.09. The van der Waals surface area contributed by atoms with Crippen LogP contribution in [0.25, 0.3) is 16.6 Å². The van der Waals surface area contributed by atoms with Crippen LogP contribution in [0.2, 0.25) is 0 Å². The Morgan fingerprint density at radius 3 is 2.43 bits per heavy atom. The van der Waals surface area contributed by atoms with Crippen LogP contribution in [0.1, 0.15) is 43.6 Å². The molecule has 0 unspecified atom stereocenters. The molecule has 7 nitrogen and oxygen atoms in total. The number of hydrogen-bond acceptors (Lipinski definition) is 4. The fourth-order valence-corrected chi connectivity index (χ4v) is 3.36. The minimum Gasteiger partial charge on any atom is -0.354 e. The second kappa shape index (κ2) is 7.96. The minimum absolute atomic E-state index is 0.0136. The van der Waals surface area contributed by atoms with Gasteiger partial charge in [0.25, 0.3) is 5.56 Å². The Kier molecular flexibility index (Phi) is 5.63. The van der Waals surface area contributed by atoms with Gasteiger partial charge in [-0.3, -0.25) is 9.59 Å². The van der Waals surface area contributed by atoms with Crippen molar-refractivity contribution in [1.29, 1.82) is 0 Å². The third-order valence-corrected chi connectivity index (χ3v) is 4.69. The number of nitrogens with one attached hydrogen (secondary N) is 1. The van der Waals surface area contributed by atoms with E-state index in [1.54, 1.807) is 4.68 Å². The quantitative estimate of drug-likeness (QED) is 0.712. The normalized spacial score (nSPS) is 11.4. The average Bonchev–Trinajstić information content (AvgIpc) is 2.97. The van der Waals surface area contributed by atoms with Crippen LogP contribution in [0.4, 0.5) is 0 Å². The minimum atomic E-state index is -0.223. The molecule has 0 atom stereocenters. The van der Waals surface area contributed by atoms with E-state index >= 15 is 0 Å². The van der Waals surface area contributed by atoms with Crippen LogP contribution in [0, 0.1) is 20.8 Å². The molecule has 0 saturated heterocycles. The number of fused-ring (bicyclic) bond motifs is 1. The van der Waals surface area contributed by atoms with Gasteiger partial charge in [-0.05, 0) is 53.2 Å². The summed E-state index contributed by atoms with van der Waals surface area (Å²) in [5.74, 6) is -0.0136. The second-order valence-electron chi connectivity index (χ2n) is 7.50. The van der Waals surface area contributed by atoms with Gasteiger partial charge in [0.2, 0.25) is 5.91 Å². The van der Waals surface area contributed by atoms with Crippen LogP contribution in [0.15, 0.2) is 29.1 Å². The van der Waals surface area contributed by atoms with E-state index in [0.717, 1.165) is 22.5 Å². The third-order valence-electron chi connectivity index (χ3n) is 4.69. The zero-order valence-corrected chi connectivity index (χ0v) is 17.1. The number of hydrogen-bond donors (Lipinski definition) is 1. The highest BCUT2D eigenvalue weighted by atomic mass is 16.1. The lowest BCUT2D eigenvalue weighted by atomic mass is 10.2. The maximum atomic E-state index is 12.9. The van der Waals surface area contributed by atoms with E-state index in [-0.39, 0.29) is 17.5 Å². The molecular weight excluding hydrogens is 354 g/mol. The molecule has 0 spiro atoms. The van der Waals surface area contributed by atoms with Crippen molar-refractivity contribution in [3.63, 3.8) is 0 Å². The van der Waals surface area contributed by atoms with Gasteiger partial charge in [0.15, 0.2) is 5.52 Å². The third kappa shape index (κ3) is 3.98. The molecule has 2 aromatic heterocycles. The molecule has 0 saturated carbocycles. The van der Waals surface area contributed by atoms with Crippen molar-refractivity contribution < 1.29 is 4.79 Å². The largest absolute Gasteiger partial charge is 0.354 e. The molecule has 2 heterocycles. The number of amides is 1. The van der Waals surface area contributed by atoms with Crippen molar-refractivity contribution in [2.45, 2.75) is 60.0 Å². The van der Waals surface area contributed by atoms with Crippen molar-refractivity contribution in [3.8, 4) is 5.69 Å². The van der Waals surface area contributed by atoms with Crippen LogP contribution in [-0.4, -0.2) is 31.5 Å². The van der Waals surface area contributed by atoms with Gasteiger partial charge in [-0.25, -0.2) is 9.36 Å². The Balaban J connectivity index is 1.91.